The Kier molecular flexibility index (Phi) is 4.47. The van der Waals surface area contributed by atoms with E-state index in [9.17, 15) is 4.79 Å². The molecule has 0 saturated heterocycles. The Bertz CT molecular complexity index is 891. The molecule has 0 radical (unpaired) electrons. The number of fused-ring (bicyclic) bond motifs is 1. The molecule has 1 heterocycles. The predicted molar refractivity (Wildman–Crippen MR) is 96.7 cm³/mol. The van der Waals surface area contributed by atoms with Crippen molar-refractivity contribution in [3.05, 3.63) is 77.6 Å². The second-order valence-electron chi connectivity index (χ2n) is 6.05. The van der Waals surface area contributed by atoms with Gasteiger partial charge in [-0.15, -0.1) is 0 Å². The number of nitrogens with zero attached hydrogens (tertiary/aromatic N) is 2. The lowest BCUT2D eigenvalue weighted by molar-refractivity contribution is -0.117. The van der Waals surface area contributed by atoms with Gasteiger partial charge in [0.2, 0.25) is 5.91 Å². The molecule has 0 bridgehead atoms. The summed E-state index contributed by atoms with van der Waals surface area (Å²) in [5, 5.41) is 2.87. The van der Waals surface area contributed by atoms with E-state index in [2.05, 4.69) is 58.7 Å². The summed E-state index contributed by atoms with van der Waals surface area (Å²) in [5.74, 6) is 0.690. The van der Waals surface area contributed by atoms with Crippen LogP contribution >= 0.6 is 0 Å². The second kappa shape index (κ2) is 6.71. The first kappa shape index (κ1) is 16.0. The van der Waals surface area contributed by atoms with Crippen molar-refractivity contribution in [2.45, 2.75) is 26.9 Å². The van der Waals surface area contributed by atoms with Crippen molar-refractivity contribution in [3.63, 3.8) is 0 Å². The van der Waals surface area contributed by atoms with Crippen LogP contribution < -0.4 is 5.32 Å². The maximum atomic E-state index is 11.8. The number of hydrogen-bond donors (Lipinski definition) is 1. The third-order valence-corrected chi connectivity index (χ3v) is 3.99. The van der Waals surface area contributed by atoms with Gasteiger partial charge in [-0.1, -0.05) is 48.5 Å². The van der Waals surface area contributed by atoms with Crippen molar-refractivity contribution in [2.24, 2.45) is 0 Å². The van der Waals surface area contributed by atoms with Gasteiger partial charge in [0.05, 0.1) is 17.6 Å². The molecule has 122 valence electrons. The number of amides is 1. The molecule has 0 fully saturated rings. The summed E-state index contributed by atoms with van der Waals surface area (Å²) in [5.41, 5.74) is 4.94. The van der Waals surface area contributed by atoms with Crippen LogP contribution in [0.3, 0.4) is 0 Å². The van der Waals surface area contributed by atoms with Crippen LogP contribution in [-0.4, -0.2) is 15.5 Å². The smallest absolute Gasteiger partial charge is 0.246 e. The van der Waals surface area contributed by atoms with Gasteiger partial charge in [-0.05, 0) is 31.5 Å². The molecule has 1 aromatic heterocycles. The maximum Gasteiger partial charge on any atom is 0.246 e. The lowest BCUT2D eigenvalue weighted by Gasteiger charge is -2.11. The summed E-state index contributed by atoms with van der Waals surface area (Å²) in [6.07, 6.45) is 0. The standard InChI is InChI=1S/C20H21N3O/c1-14(2)20(24)21-12-19-22-17-6-4-5-7-18(17)23(19)13-16-10-8-15(3)9-11-16/h4-11H,1,12-13H2,2-3H3,(H,21,24). The first-order valence-electron chi connectivity index (χ1n) is 7.98. The SMILES string of the molecule is C=C(C)C(=O)NCc1nc2ccccc2n1Cc1ccc(C)cc1. The minimum absolute atomic E-state index is 0.149. The van der Waals surface area contributed by atoms with Crippen molar-refractivity contribution in [1.82, 2.24) is 14.9 Å². The molecule has 0 aliphatic rings. The second-order valence-corrected chi connectivity index (χ2v) is 6.05. The van der Waals surface area contributed by atoms with Gasteiger partial charge in [0.25, 0.3) is 0 Å². The fourth-order valence-electron chi connectivity index (χ4n) is 2.62. The molecule has 4 nitrogen and oxygen atoms in total. The van der Waals surface area contributed by atoms with Gasteiger partial charge in [0.15, 0.2) is 0 Å². The van der Waals surface area contributed by atoms with Crippen molar-refractivity contribution in [3.8, 4) is 0 Å². The fourth-order valence-corrected chi connectivity index (χ4v) is 2.62. The van der Waals surface area contributed by atoms with Gasteiger partial charge in [-0.3, -0.25) is 4.79 Å². The van der Waals surface area contributed by atoms with E-state index >= 15 is 0 Å². The highest BCUT2D eigenvalue weighted by molar-refractivity contribution is 5.92. The minimum Gasteiger partial charge on any atom is -0.345 e. The zero-order valence-electron chi connectivity index (χ0n) is 14.0. The number of aryl methyl sites for hydroxylation is 1. The van der Waals surface area contributed by atoms with Crippen LogP contribution in [0, 0.1) is 6.92 Å². The number of aromatic nitrogens is 2. The fraction of sp³-hybridized carbons (Fsp3) is 0.200. The van der Waals surface area contributed by atoms with Crippen LogP contribution in [0.1, 0.15) is 23.9 Å². The molecule has 0 saturated carbocycles. The first-order valence-corrected chi connectivity index (χ1v) is 7.98. The molecule has 0 unspecified atom stereocenters. The Morgan fingerprint density at radius 2 is 1.88 bits per heavy atom. The number of hydrogen-bond acceptors (Lipinski definition) is 2. The summed E-state index contributed by atoms with van der Waals surface area (Å²) < 4.78 is 2.15. The van der Waals surface area contributed by atoms with Crippen LogP contribution in [0.2, 0.25) is 0 Å². The molecule has 2 aromatic carbocycles. The average Bonchev–Trinajstić information content (AvgIpc) is 2.92. The van der Waals surface area contributed by atoms with Crippen molar-refractivity contribution in [2.75, 3.05) is 0 Å². The maximum absolute atomic E-state index is 11.8. The van der Waals surface area contributed by atoms with E-state index in [1.165, 1.54) is 11.1 Å². The van der Waals surface area contributed by atoms with Crippen molar-refractivity contribution in [1.29, 1.82) is 0 Å². The highest BCUT2D eigenvalue weighted by Crippen LogP contribution is 2.18. The third kappa shape index (κ3) is 3.38. The average molecular weight is 319 g/mol. The topological polar surface area (TPSA) is 46.9 Å². The lowest BCUT2D eigenvalue weighted by Crippen LogP contribution is -2.25. The van der Waals surface area contributed by atoms with E-state index in [4.69, 9.17) is 0 Å². The zero-order valence-corrected chi connectivity index (χ0v) is 14.0. The summed E-state index contributed by atoms with van der Waals surface area (Å²) in [4.78, 5) is 16.5. The normalized spacial score (nSPS) is 10.8. The summed E-state index contributed by atoms with van der Waals surface area (Å²) in [7, 11) is 0. The van der Waals surface area contributed by atoms with Crippen molar-refractivity contribution < 1.29 is 4.79 Å². The Labute approximate surface area is 141 Å². The Hall–Kier alpha value is -2.88. The molecule has 3 rings (SSSR count). The molecule has 24 heavy (non-hydrogen) atoms. The van der Waals surface area contributed by atoms with Crippen molar-refractivity contribution >= 4 is 16.9 Å². The molecular weight excluding hydrogens is 298 g/mol. The number of benzene rings is 2. The first-order chi connectivity index (χ1) is 11.5. The number of nitrogens with one attached hydrogen (secondary N) is 1. The van der Waals surface area contributed by atoms with E-state index in [0.717, 1.165) is 23.4 Å². The summed E-state index contributed by atoms with van der Waals surface area (Å²) in [6.45, 7) is 8.55. The lowest BCUT2D eigenvalue weighted by atomic mass is 10.1. The summed E-state index contributed by atoms with van der Waals surface area (Å²) >= 11 is 0. The zero-order chi connectivity index (χ0) is 17.1. The van der Waals surface area contributed by atoms with Crippen LogP contribution in [0.4, 0.5) is 0 Å². The van der Waals surface area contributed by atoms with Crippen LogP contribution in [0.25, 0.3) is 11.0 Å². The Morgan fingerprint density at radius 1 is 1.17 bits per heavy atom. The minimum atomic E-state index is -0.149. The molecule has 1 amide bonds. The molecule has 3 aromatic rings. The van der Waals surface area contributed by atoms with Crippen LogP contribution in [0.5, 0.6) is 0 Å². The van der Waals surface area contributed by atoms with Gasteiger partial charge in [-0.2, -0.15) is 0 Å². The monoisotopic (exact) mass is 319 g/mol. The molecule has 1 N–H and O–H groups in total. The molecule has 0 atom stereocenters. The molecule has 0 spiro atoms. The molecular formula is C20H21N3O. The van der Waals surface area contributed by atoms with E-state index in [-0.39, 0.29) is 5.91 Å². The molecule has 0 aliphatic carbocycles. The molecule has 4 heteroatoms. The number of para-hydroxylation sites is 2. The number of carbonyl (C=O) groups is 1. The van der Waals surface area contributed by atoms with Gasteiger partial charge >= 0.3 is 0 Å². The predicted octanol–water partition coefficient (Wildman–Crippen LogP) is 3.59. The van der Waals surface area contributed by atoms with Gasteiger partial charge in [0.1, 0.15) is 5.82 Å². The van der Waals surface area contributed by atoms with E-state index in [1.54, 1.807) is 6.92 Å². The highest BCUT2D eigenvalue weighted by Gasteiger charge is 2.12. The Balaban J connectivity index is 1.94. The van der Waals surface area contributed by atoms with E-state index in [0.29, 0.717) is 12.1 Å². The van der Waals surface area contributed by atoms with Gasteiger partial charge in [0, 0.05) is 12.1 Å². The number of imidazole rings is 1. The Morgan fingerprint density at radius 3 is 2.58 bits per heavy atom. The number of rotatable bonds is 5. The third-order valence-electron chi connectivity index (χ3n) is 3.99. The highest BCUT2D eigenvalue weighted by atomic mass is 16.1. The summed E-state index contributed by atoms with van der Waals surface area (Å²) in [6, 6.07) is 16.5. The van der Waals surface area contributed by atoms with E-state index in [1.807, 2.05) is 18.2 Å². The van der Waals surface area contributed by atoms with Gasteiger partial charge in [-0.25, -0.2) is 4.98 Å². The van der Waals surface area contributed by atoms with Crippen LogP contribution in [0.15, 0.2) is 60.7 Å². The molecule has 0 aliphatic heterocycles. The number of carbonyl (C=O) groups excluding carboxylic acids is 1. The van der Waals surface area contributed by atoms with Gasteiger partial charge < -0.3 is 9.88 Å². The van der Waals surface area contributed by atoms with E-state index < -0.39 is 0 Å². The quantitative estimate of drug-likeness (QED) is 0.731. The van der Waals surface area contributed by atoms with Crippen LogP contribution in [-0.2, 0) is 17.9 Å². The largest absolute Gasteiger partial charge is 0.345 e.